The van der Waals surface area contributed by atoms with Crippen LogP contribution in [0.15, 0.2) is 18.3 Å². The molecule has 2 heterocycles. The first-order valence-electron chi connectivity index (χ1n) is 6.88. The van der Waals surface area contributed by atoms with Gasteiger partial charge in [0.1, 0.15) is 5.69 Å². The number of aromatic carboxylic acids is 1. The van der Waals surface area contributed by atoms with Gasteiger partial charge in [0, 0.05) is 38.4 Å². The average molecular weight is 292 g/mol. The minimum atomic E-state index is -1.06. The fourth-order valence-electron chi connectivity index (χ4n) is 2.38. The van der Waals surface area contributed by atoms with Crippen LogP contribution in [-0.4, -0.2) is 64.6 Å². The summed E-state index contributed by atoms with van der Waals surface area (Å²) in [5.74, 6) is -1.06. The van der Waals surface area contributed by atoms with E-state index in [9.17, 15) is 9.59 Å². The van der Waals surface area contributed by atoms with Crippen LogP contribution < -0.4 is 5.32 Å². The Morgan fingerprint density at radius 3 is 2.76 bits per heavy atom. The van der Waals surface area contributed by atoms with Gasteiger partial charge >= 0.3 is 12.0 Å². The minimum Gasteiger partial charge on any atom is -0.477 e. The number of pyridine rings is 1. The van der Waals surface area contributed by atoms with Gasteiger partial charge in [0.25, 0.3) is 0 Å². The standard InChI is InChI=1S/C14H20N4O3/c1-10-9-17(2)5-6-18(10)14(21)16-8-11-3-4-12(13(19)20)15-7-11/h3-4,7,10H,5-6,8-9H2,1-2H3,(H,16,21)(H,19,20). The number of piperazine rings is 1. The molecule has 0 spiro atoms. The van der Waals surface area contributed by atoms with E-state index < -0.39 is 5.97 Å². The van der Waals surface area contributed by atoms with Crippen LogP contribution >= 0.6 is 0 Å². The van der Waals surface area contributed by atoms with Gasteiger partial charge in [-0.05, 0) is 25.6 Å². The van der Waals surface area contributed by atoms with Crippen LogP contribution in [0, 0.1) is 0 Å². The molecular formula is C14H20N4O3. The summed E-state index contributed by atoms with van der Waals surface area (Å²) in [4.78, 5) is 30.7. The van der Waals surface area contributed by atoms with E-state index in [0.29, 0.717) is 13.1 Å². The fraction of sp³-hybridized carbons (Fsp3) is 0.500. The van der Waals surface area contributed by atoms with E-state index in [1.807, 2.05) is 18.9 Å². The topological polar surface area (TPSA) is 85.8 Å². The molecule has 2 N–H and O–H groups in total. The Morgan fingerprint density at radius 2 is 2.19 bits per heavy atom. The third-order valence-electron chi connectivity index (χ3n) is 3.58. The van der Waals surface area contributed by atoms with Gasteiger partial charge in [-0.15, -0.1) is 0 Å². The lowest BCUT2D eigenvalue weighted by atomic mass is 10.2. The first-order chi connectivity index (χ1) is 9.97. The third-order valence-corrected chi connectivity index (χ3v) is 3.58. The fourth-order valence-corrected chi connectivity index (χ4v) is 2.38. The van der Waals surface area contributed by atoms with Crippen molar-refractivity contribution in [1.82, 2.24) is 20.1 Å². The normalized spacial score (nSPS) is 19.3. The summed E-state index contributed by atoms with van der Waals surface area (Å²) in [7, 11) is 2.04. The SMILES string of the molecule is CC1CN(C)CCN1C(=O)NCc1ccc(C(=O)O)nc1. The van der Waals surface area contributed by atoms with Crippen molar-refractivity contribution in [3.63, 3.8) is 0 Å². The number of carbonyl (C=O) groups excluding carboxylic acids is 1. The highest BCUT2D eigenvalue weighted by molar-refractivity contribution is 5.85. The predicted molar refractivity (Wildman–Crippen MR) is 77.1 cm³/mol. The highest BCUT2D eigenvalue weighted by Crippen LogP contribution is 2.08. The summed E-state index contributed by atoms with van der Waals surface area (Å²) in [5, 5.41) is 11.6. The number of carbonyl (C=O) groups is 2. The largest absolute Gasteiger partial charge is 0.477 e. The van der Waals surface area contributed by atoms with Crippen LogP contribution in [-0.2, 0) is 6.54 Å². The molecule has 0 bridgehead atoms. The summed E-state index contributed by atoms with van der Waals surface area (Å²) in [6, 6.07) is 3.17. The van der Waals surface area contributed by atoms with E-state index in [1.165, 1.54) is 12.3 Å². The molecule has 2 amide bonds. The molecule has 1 aromatic rings. The molecule has 7 nitrogen and oxygen atoms in total. The van der Waals surface area contributed by atoms with Gasteiger partial charge < -0.3 is 20.2 Å². The Morgan fingerprint density at radius 1 is 1.43 bits per heavy atom. The predicted octanol–water partition coefficient (Wildman–Crippen LogP) is 0.625. The van der Waals surface area contributed by atoms with Gasteiger partial charge in [0.2, 0.25) is 0 Å². The smallest absolute Gasteiger partial charge is 0.354 e. The maximum Gasteiger partial charge on any atom is 0.354 e. The Kier molecular flexibility index (Phi) is 4.74. The monoisotopic (exact) mass is 292 g/mol. The zero-order valence-electron chi connectivity index (χ0n) is 12.2. The molecule has 21 heavy (non-hydrogen) atoms. The maximum atomic E-state index is 12.1. The quantitative estimate of drug-likeness (QED) is 0.853. The first kappa shape index (κ1) is 15.2. The van der Waals surface area contributed by atoms with Gasteiger partial charge in [-0.1, -0.05) is 6.07 Å². The van der Waals surface area contributed by atoms with E-state index in [2.05, 4.69) is 15.2 Å². The Hall–Kier alpha value is -2.15. The molecule has 1 aliphatic heterocycles. The highest BCUT2D eigenvalue weighted by Gasteiger charge is 2.25. The molecule has 0 aromatic carbocycles. The molecule has 1 atom stereocenters. The summed E-state index contributed by atoms with van der Waals surface area (Å²) in [6.45, 7) is 4.80. The lowest BCUT2D eigenvalue weighted by Crippen LogP contribution is -2.55. The number of rotatable bonds is 3. The van der Waals surface area contributed by atoms with Gasteiger partial charge in [0.15, 0.2) is 0 Å². The van der Waals surface area contributed by atoms with Crippen molar-refractivity contribution in [3.05, 3.63) is 29.6 Å². The molecule has 0 aliphatic carbocycles. The molecule has 1 saturated heterocycles. The molecule has 1 aromatic heterocycles. The van der Waals surface area contributed by atoms with Crippen molar-refractivity contribution in [2.45, 2.75) is 19.5 Å². The van der Waals surface area contributed by atoms with E-state index in [-0.39, 0.29) is 17.8 Å². The Labute approximate surface area is 123 Å². The van der Waals surface area contributed by atoms with Crippen LogP contribution in [0.3, 0.4) is 0 Å². The van der Waals surface area contributed by atoms with E-state index in [1.54, 1.807) is 6.07 Å². The van der Waals surface area contributed by atoms with Crippen molar-refractivity contribution < 1.29 is 14.7 Å². The average Bonchev–Trinajstić information content (AvgIpc) is 2.45. The molecular weight excluding hydrogens is 272 g/mol. The van der Waals surface area contributed by atoms with Crippen molar-refractivity contribution in [1.29, 1.82) is 0 Å². The van der Waals surface area contributed by atoms with Gasteiger partial charge in [0.05, 0.1) is 0 Å². The molecule has 0 radical (unpaired) electrons. The van der Waals surface area contributed by atoms with Crippen molar-refractivity contribution in [3.8, 4) is 0 Å². The summed E-state index contributed by atoms with van der Waals surface area (Å²) in [5.41, 5.74) is 0.771. The van der Waals surface area contributed by atoms with Gasteiger partial charge in [-0.3, -0.25) is 0 Å². The summed E-state index contributed by atoms with van der Waals surface area (Å²) >= 11 is 0. The van der Waals surface area contributed by atoms with Crippen LogP contribution in [0.2, 0.25) is 0 Å². The van der Waals surface area contributed by atoms with E-state index in [4.69, 9.17) is 5.11 Å². The van der Waals surface area contributed by atoms with E-state index in [0.717, 1.165) is 18.7 Å². The molecule has 2 rings (SSSR count). The first-order valence-corrected chi connectivity index (χ1v) is 6.88. The minimum absolute atomic E-state index is 0.00207. The molecule has 7 heteroatoms. The molecule has 1 aliphatic rings. The van der Waals surface area contributed by atoms with Crippen LogP contribution in [0.4, 0.5) is 4.79 Å². The van der Waals surface area contributed by atoms with Crippen LogP contribution in [0.25, 0.3) is 0 Å². The summed E-state index contributed by atoms with van der Waals surface area (Å²) in [6.07, 6.45) is 1.47. The number of hydrogen-bond acceptors (Lipinski definition) is 4. The summed E-state index contributed by atoms with van der Waals surface area (Å²) < 4.78 is 0. The lowest BCUT2D eigenvalue weighted by molar-refractivity contribution is 0.0690. The highest BCUT2D eigenvalue weighted by atomic mass is 16.4. The number of carboxylic acid groups (broad SMARTS) is 1. The van der Waals surface area contributed by atoms with Gasteiger partial charge in [-0.2, -0.15) is 0 Å². The number of urea groups is 1. The van der Waals surface area contributed by atoms with Crippen molar-refractivity contribution >= 4 is 12.0 Å². The van der Waals surface area contributed by atoms with Crippen LogP contribution in [0.1, 0.15) is 23.0 Å². The number of aromatic nitrogens is 1. The van der Waals surface area contributed by atoms with Crippen LogP contribution in [0.5, 0.6) is 0 Å². The molecule has 0 saturated carbocycles. The number of nitrogens with one attached hydrogen (secondary N) is 1. The number of amides is 2. The van der Waals surface area contributed by atoms with E-state index >= 15 is 0 Å². The maximum absolute atomic E-state index is 12.1. The van der Waals surface area contributed by atoms with Crippen molar-refractivity contribution in [2.24, 2.45) is 0 Å². The number of carboxylic acids is 1. The lowest BCUT2D eigenvalue weighted by Gasteiger charge is -2.38. The number of likely N-dealkylation sites (N-methyl/N-ethyl adjacent to an activating group) is 1. The second-order valence-electron chi connectivity index (χ2n) is 5.32. The molecule has 114 valence electrons. The van der Waals surface area contributed by atoms with Crippen molar-refractivity contribution in [2.75, 3.05) is 26.7 Å². The number of hydrogen-bond donors (Lipinski definition) is 2. The second kappa shape index (κ2) is 6.53. The Bertz CT molecular complexity index is 517. The van der Waals surface area contributed by atoms with Gasteiger partial charge in [-0.25, -0.2) is 14.6 Å². The zero-order valence-corrected chi connectivity index (χ0v) is 12.2. The second-order valence-corrected chi connectivity index (χ2v) is 5.32. The molecule has 1 unspecified atom stereocenters. The molecule has 1 fully saturated rings. The zero-order chi connectivity index (χ0) is 15.4. The third kappa shape index (κ3) is 3.91. The Balaban J connectivity index is 1.87. The number of nitrogens with zero attached hydrogens (tertiary/aromatic N) is 3.